The molecule has 1 aromatic carbocycles. The monoisotopic (exact) mass is 244 g/mol. The second-order valence-electron chi connectivity index (χ2n) is 3.39. The number of aromatic nitrogens is 2. The van der Waals surface area contributed by atoms with Crippen LogP contribution in [0.3, 0.4) is 0 Å². The average Bonchev–Trinajstić information content (AvgIpc) is 2.37. The molecular formula is C12H9ClN4. The van der Waals surface area contributed by atoms with Gasteiger partial charge in [0.05, 0.1) is 24.0 Å². The van der Waals surface area contributed by atoms with Crippen molar-refractivity contribution in [2.24, 2.45) is 0 Å². The Balaban J connectivity index is 2.00. The summed E-state index contributed by atoms with van der Waals surface area (Å²) in [6.45, 7) is 0.612. The van der Waals surface area contributed by atoms with E-state index < -0.39 is 0 Å². The van der Waals surface area contributed by atoms with Crippen LogP contribution in [0.1, 0.15) is 11.1 Å². The highest BCUT2D eigenvalue weighted by Gasteiger charge is 1.97. The maximum absolute atomic E-state index is 8.67. The summed E-state index contributed by atoms with van der Waals surface area (Å²) >= 11 is 5.72. The molecule has 1 aromatic heterocycles. The molecule has 2 aromatic rings. The lowest BCUT2D eigenvalue weighted by atomic mass is 10.1. The normalized spacial score (nSPS) is 9.65. The van der Waals surface area contributed by atoms with Crippen molar-refractivity contribution in [2.45, 2.75) is 6.54 Å². The van der Waals surface area contributed by atoms with Gasteiger partial charge in [0.25, 0.3) is 0 Å². The highest BCUT2D eigenvalue weighted by atomic mass is 35.5. The van der Waals surface area contributed by atoms with Gasteiger partial charge in [-0.1, -0.05) is 23.7 Å². The fourth-order valence-corrected chi connectivity index (χ4v) is 1.46. The van der Waals surface area contributed by atoms with Crippen LogP contribution in [-0.4, -0.2) is 9.97 Å². The van der Waals surface area contributed by atoms with Crippen LogP contribution >= 0.6 is 11.6 Å². The van der Waals surface area contributed by atoms with Gasteiger partial charge in [-0.2, -0.15) is 5.26 Å². The highest BCUT2D eigenvalue weighted by Crippen LogP contribution is 2.09. The Labute approximate surface area is 104 Å². The summed E-state index contributed by atoms with van der Waals surface area (Å²) < 4.78 is 0. The second-order valence-corrected chi connectivity index (χ2v) is 3.78. The van der Waals surface area contributed by atoms with Crippen LogP contribution in [0.25, 0.3) is 0 Å². The SMILES string of the molecule is N#Cc1ccc(CNc2cncc(Cl)n2)cc1. The summed E-state index contributed by atoms with van der Waals surface area (Å²) in [7, 11) is 0. The molecule has 0 saturated carbocycles. The minimum atomic E-state index is 0.356. The Morgan fingerprint density at radius 2 is 2.00 bits per heavy atom. The lowest BCUT2D eigenvalue weighted by molar-refractivity contribution is 1.09. The van der Waals surface area contributed by atoms with Gasteiger partial charge in [0.2, 0.25) is 0 Å². The molecule has 4 nitrogen and oxygen atoms in total. The molecule has 0 unspecified atom stereocenters. The van der Waals surface area contributed by atoms with Crippen molar-refractivity contribution in [3.8, 4) is 6.07 Å². The first-order valence-electron chi connectivity index (χ1n) is 4.98. The molecule has 0 amide bonds. The molecule has 0 aliphatic rings. The molecule has 2 rings (SSSR count). The molecule has 84 valence electrons. The zero-order valence-electron chi connectivity index (χ0n) is 8.89. The van der Waals surface area contributed by atoms with Crippen molar-refractivity contribution in [3.05, 3.63) is 52.9 Å². The Morgan fingerprint density at radius 3 is 2.65 bits per heavy atom. The number of hydrogen-bond donors (Lipinski definition) is 1. The van der Waals surface area contributed by atoms with Crippen molar-refractivity contribution >= 4 is 17.4 Å². The number of nitriles is 1. The predicted molar refractivity (Wildman–Crippen MR) is 65.5 cm³/mol. The van der Waals surface area contributed by atoms with Crippen LogP contribution in [0.2, 0.25) is 5.15 Å². The van der Waals surface area contributed by atoms with Gasteiger partial charge in [-0.25, -0.2) is 4.98 Å². The lowest BCUT2D eigenvalue weighted by Gasteiger charge is -2.05. The number of rotatable bonds is 3. The van der Waals surface area contributed by atoms with E-state index in [-0.39, 0.29) is 0 Å². The smallest absolute Gasteiger partial charge is 0.149 e. The van der Waals surface area contributed by atoms with Gasteiger partial charge < -0.3 is 5.32 Å². The number of benzene rings is 1. The van der Waals surface area contributed by atoms with Gasteiger partial charge in [-0.3, -0.25) is 4.98 Å². The third kappa shape index (κ3) is 3.16. The van der Waals surface area contributed by atoms with E-state index in [0.717, 1.165) is 5.56 Å². The van der Waals surface area contributed by atoms with Crippen LogP contribution in [0.15, 0.2) is 36.7 Å². The Morgan fingerprint density at radius 1 is 1.24 bits per heavy atom. The third-order valence-electron chi connectivity index (χ3n) is 2.16. The number of nitrogens with one attached hydrogen (secondary N) is 1. The summed E-state index contributed by atoms with van der Waals surface area (Å²) in [5.41, 5.74) is 1.71. The Bertz CT molecular complexity index is 545. The first-order valence-corrected chi connectivity index (χ1v) is 5.36. The zero-order chi connectivity index (χ0) is 12.1. The minimum Gasteiger partial charge on any atom is -0.365 e. The largest absolute Gasteiger partial charge is 0.365 e. The molecule has 1 N–H and O–H groups in total. The summed E-state index contributed by atoms with van der Waals surface area (Å²) in [5, 5.41) is 12.1. The molecule has 0 bridgehead atoms. The van der Waals surface area contributed by atoms with Crippen LogP contribution in [-0.2, 0) is 6.54 Å². The van der Waals surface area contributed by atoms with Crippen LogP contribution < -0.4 is 5.32 Å². The maximum atomic E-state index is 8.67. The zero-order valence-corrected chi connectivity index (χ0v) is 9.65. The quantitative estimate of drug-likeness (QED) is 0.902. The Hall–Kier alpha value is -2.12. The standard InChI is InChI=1S/C12H9ClN4/c13-11-7-15-8-12(17-11)16-6-10-3-1-9(5-14)2-4-10/h1-4,7-8H,6H2,(H,16,17). The first-order chi connectivity index (χ1) is 8.28. The molecular weight excluding hydrogens is 236 g/mol. The van der Waals surface area contributed by atoms with Gasteiger partial charge in [0, 0.05) is 6.54 Å². The van der Waals surface area contributed by atoms with Crippen molar-refractivity contribution in [1.82, 2.24) is 9.97 Å². The fraction of sp³-hybridized carbons (Fsp3) is 0.0833. The van der Waals surface area contributed by atoms with Gasteiger partial charge in [-0.15, -0.1) is 0 Å². The van der Waals surface area contributed by atoms with E-state index in [1.54, 1.807) is 18.3 Å². The second kappa shape index (κ2) is 5.28. The van der Waals surface area contributed by atoms with E-state index >= 15 is 0 Å². The fourth-order valence-electron chi connectivity index (χ4n) is 1.32. The maximum Gasteiger partial charge on any atom is 0.149 e. The van der Waals surface area contributed by atoms with E-state index in [4.69, 9.17) is 16.9 Å². The Kier molecular flexibility index (Phi) is 3.53. The summed E-state index contributed by atoms with van der Waals surface area (Å²) in [5.74, 6) is 0.627. The van der Waals surface area contributed by atoms with Gasteiger partial charge >= 0.3 is 0 Å². The number of nitrogens with zero attached hydrogens (tertiary/aromatic N) is 3. The predicted octanol–water partition coefficient (Wildman–Crippen LogP) is 2.61. The summed E-state index contributed by atoms with van der Waals surface area (Å²) in [6, 6.07) is 9.42. The minimum absolute atomic E-state index is 0.356. The molecule has 0 aliphatic heterocycles. The average molecular weight is 245 g/mol. The molecule has 1 heterocycles. The molecule has 5 heteroatoms. The molecule has 0 spiro atoms. The lowest BCUT2D eigenvalue weighted by Crippen LogP contribution is -2.01. The first kappa shape index (κ1) is 11.4. The van der Waals surface area contributed by atoms with Crippen molar-refractivity contribution in [2.75, 3.05) is 5.32 Å². The summed E-state index contributed by atoms with van der Waals surface area (Å²) in [6.07, 6.45) is 3.09. The van der Waals surface area contributed by atoms with E-state index in [1.807, 2.05) is 12.1 Å². The van der Waals surface area contributed by atoms with Crippen molar-refractivity contribution in [1.29, 1.82) is 5.26 Å². The van der Waals surface area contributed by atoms with E-state index in [0.29, 0.717) is 23.1 Å². The van der Waals surface area contributed by atoms with Gasteiger partial charge in [0.1, 0.15) is 11.0 Å². The van der Waals surface area contributed by atoms with Crippen LogP contribution in [0, 0.1) is 11.3 Å². The van der Waals surface area contributed by atoms with E-state index in [1.165, 1.54) is 6.20 Å². The number of hydrogen-bond acceptors (Lipinski definition) is 4. The van der Waals surface area contributed by atoms with E-state index in [2.05, 4.69) is 21.4 Å². The topological polar surface area (TPSA) is 61.6 Å². The van der Waals surface area contributed by atoms with Crippen LogP contribution in [0.5, 0.6) is 0 Å². The molecule has 0 atom stereocenters. The highest BCUT2D eigenvalue weighted by molar-refractivity contribution is 6.29. The molecule has 0 radical (unpaired) electrons. The number of halogens is 1. The van der Waals surface area contributed by atoms with Crippen molar-refractivity contribution < 1.29 is 0 Å². The molecule has 0 saturated heterocycles. The van der Waals surface area contributed by atoms with Crippen molar-refractivity contribution in [3.63, 3.8) is 0 Å². The molecule has 17 heavy (non-hydrogen) atoms. The van der Waals surface area contributed by atoms with Gasteiger partial charge in [-0.05, 0) is 17.7 Å². The van der Waals surface area contributed by atoms with Gasteiger partial charge in [0.15, 0.2) is 0 Å². The third-order valence-corrected chi connectivity index (χ3v) is 2.34. The molecule has 0 fully saturated rings. The van der Waals surface area contributed by atoms with E-state index in [9.17, 15) is 0 Å². The summed E-state index contributed by atoms with van der Waals surface area (Å²) in [4.78, 5) is 7.99. The van der Waals surface area contributed by atoms with Crippen LogP contribution in [0.4, 0.5) is 5.82 Å². The number of anilines is 1. The molecule has 0 aliphatic carbocycles.